The van der Waals surface area contributed by atoms with Crippen LogP contribution < -0.4 is 0 Å². The zero-order valence-corrected chi connectivity index (χ0v) is 8.42. The Morgan fingerprint density at radius 2 is 2.00 bits per heavy atom. The molecule has 1 nitrogen and oxygen atoms in total. The second kappa shape index (κ2) is 5.65. The predicted molar refractivity (Wildman–Crippen MR) is 54.9 cm³/mol. The fourth-order valence-corrected chi connectivity index (χ4v) is 0.633. The third-order valence-electron chi connectivity index (χ3n) is 1.08. The Labute approximate surface area is 75.9 Å². The summed E-state index contributed by atoms with van der Waals surface area (Å²) in [4.78, 5) is 0. The largest absolute Gasteiger partial charge is 0.305 e. The SMILES string of the molecule is CC(C)C(=N)/C=C\C=C/I. The van der Waals surface area contributed by atoms with Gasteiger partial charge in [-0.1, -0.05) is 48.6 Å². The van der Waals surface area contributed by atoms with Crippen molar-refractivity contribution in [1.82, 2.24) is 0 Å². The van der Waals surface area contributed by atoms with Crippen molar-refractivity contribution in [3.05, 3.63) is 22.3 Å². The van der Waals surface area contributed by atoms with E-state index in [1.807, 2.05) is 36.2 Å². The van der Waals surface area contributed by atoms with Crippen molar-refractivity contribution < 1.29 is 0 Å². The quantitative estimate of drug-likeness (QED) is 0.451. The molecular weight excluding hydrogens is 237 g/mol. The molecule has 0 aromatic heterocycles. The smallest absolute Gasteiger partial charge is 0.0339 e. The van der Waals surface area contributed by atoms with Crippen molar-refractivity contribution in [2.75, 3.05) is 0 Å². The van der Waals surface area contributed by atoms with Crippen LogP contribution in [0.25, 0.3) is 0 Å². The number of nitrogens with one attached hydrogen (secondary N) is 1. The zero-order valence-electron chi connectivity index (χ0n) is 6.26. The van der Waals surface area contributed by atoms with E-state index in [1.54, 1.807) is 0 Å². The lowest BCUT2D eigenvalue weighted by Gasteiger charge is -1.98. The highest BCUT2D eigenvalue weighted by Crippen LogP contribution is 1.96. The van der Waals surface area contributed by atoms with Crippen molar-refractivity contribution in [2.24, 2.45) is 5.92 Å². The maximum atomic E-state index is 7.40. The molecule has 10 heavy (non-hydrogen) atoms. The average molecular weight is 249 g/mol. The molecule has 0 aliphatic rings. The minimum atomic E-state index is 0.332. The van der Waals surface area contributed by atoms with Gasteiger partial charge in [0.1, 0.15) is 0 Å². The summed E-state index contributed by atoms with van der Waals surface area (Å²) in [6, 6.07) is 0. The van der Waals surface area contributed by atoms with Crippen LogP contribution in [-0.2, 0) is 0 Å². The van der Waals surface area contributed by atoms with Gasteiger partial charge in [0.05, 0.1) is 0 Å². The molecule has 0 radical (unpaired) electrons. The molecule has 0 heterocycles. The molecule has 0 rings (SSSR count). The van der Waals surface area contributed by atoms with Crippen molar-refractivity contribution in [1.29, 1.82) is 5.41 Å². The van der Waals surface area contributed by atoms with E-state index in [2.05, 4.69) is 22.6 Å². The van der Waals surface area contributed by atoms with E-state index in [0.717, 1.165) is 0 Å². The molecule has 0 amide bonds. The highest BCUT2D eigenvalue weighted by molar-refractivity contribution is 14.1. The number of hydrogen-bond donors (Lipinski definition) is 1. The Kier molecular flexibility index (Phi) is 5.58. The topological polar surface area (TPSA) is 23.9 Å². The molecule has 2 heteroatoms. The number of halogens is 1. The highest BCUT2D eigenvalue weighted by atomic mass is 127. The summed E-state index contributed by atoms with van der Waals surface area (Å²) in [6.07, 6.45) is 5.62. The molecule has 0 bridgehead atoms. The van der Waals surface area contributed by atoms with E-state index in [1.165, 1.54) is 0 Å². The summed E-state index contributed by atoms with van der Waals surface area (Å²) >= 11 is 2.15. The Balaban J connectivity index is 3.78. The Hall–Kier alpha value is -0.120. The van der Waals surface area contributed by atoms with Crippen molar-refractivity contribution in [3.8, 4) is 0 Å². The van der Waals surface area contributed by atoms with Crippen molar-refractivity contribution >= 4 is 28.3 Å². The molecule has 0 spiro atoms. The van der Waals surface area contributed by atoms with Crippen molar-refractivity contribution in [2.45, 2.75) is 13.8 Å². The van der Waals surface area contributed by atoms with Gasteiger partial charge in [0.25, 0.3) is 0 Å². The van der Waals surface area contributed by atoms with Gasteiger partial charge in [-0.2, -0.15) is 0 Å². The lowest BCUT2D eigenvalue weighted by molar-refractivity contribution is 0.882. The van der Waals surface area contributed by atoms with Crippen LogP contribution in [-0.4, -0.2) is 5.71 Å². The predicted octanol–water partition coefficient (Wildman–Crippen LogP) is 3.17. The fourth-order valence-electron chi connectivity index (χ4n) is 0.394. The molecule has 0 atom stereocenters. The summed E-state index contributed by atoms with van der Waals surface area (Å²) in [5, 5.41) is 7.40. The first-order valence-corrected chi connectivity index (χ1v) is 4.45. The molecule has 0 aromatic rings. The second-order valence-electron chi connectivity index (χ2n) is 2.29. The molecule has 56 valence electrons. The summed E-state index contributed by atoms with van der Waals surface area (Å²) in [5.41, 5.74) is 0.675. The summed E-state index contributed by atoms with van der Waals surface area (Å²) in [5.74, 6) is 0.332. The molecule has 0 aliphatic heterocycles. The Bertz CT molecular complexity index is 157. The fraction of sp³-hybridized carbons (Fsp3) is 0.375. The lowest BCUT2D eigenvalue weighted by Crippen LogP contribution is -2.00. The van der Waals surface area contributed by atoms with Crippen LogP contribution >= 0.6 is 22.6 Å². The van der Waals surface area contributed by atoms with Crippen molar-refractivity contribution in [3.63, 3.8) is 0 Å². The van der Waals surface area contributed by atoms with Crippen LogP contribution in [0.15, 0.2) is 22.3 Å². The first kappa shape index (κ1) is 9.88. The van der Waals surface area contributed by atoms with E-state index in [9.17, 15) is 0 Å². The molecule has 0 aromatic carbocycles. The first-order chi connectivity index (χ1) is 4.68. The van der Waals surface area contributed by atoms with Gasteiger partial charge in [0.2, 0.25) is 0 Å². The van der Waals surface area contributed by atoms with Crippen LogP contribution in [0.1, 0.15) is 13.8 Å². The van der Waals surface area contributed by atoms with E-state index >= 15 is 0 Å². The molecule has 0 aliphatic carbocycles. The van der Waals surface area contributed by atoms with Gasteiger partial charge in [-0.05, 0) is 16.1 Å². The van der Waals surface area contributed by atoms with Gasteiger partial charge in [-0.15, -0.1) is 0 Å². The average Bonchev–Trinajstić information content (AvgIpc) is 1.88. The van der Waals surface area contributed by atoms with Gasteiger partial charge >= 0.3 is 0 Å². The summed E-state index contributed by atoms with van der Waals surface area (Å²) < 4.78 is 1.92. The van der Waals surface area contributed by atoms with E-state index in [-0.39, 0.29) is 0 Å². The van der Waals surface area contributed by atoms with Crippen LogP contribution in [0.4, 0.5) is 0 Å². The van der Waals surface area contributed by atoms with Crippen LogP contribution in [0.3, 0.4) is 0 Å². The standard InChI is InChI=1S/C8H12IN/c1-7(2)8(10)5-3-4-6-9/h3-7,10H,1-2H3/b5-3-,6-4-,10-8?. The van der Waals surface area contributed by atoms with E-state index in [0.29, 0.717) is 11.6 Å². The lowest BCUT2D eigenvalue weighted by atomic mass is 10.1. The minimum Gasteiger partial charge on any atom is -0.305 e. The summed E-state index contributed by atoms with van der Waals surface area (Å²) in [6.45, 7) is 4.03. The van der Waals surface area contributed by atoms with Gasteiger partial charge < -0.3 is 5.41 Å². The third kappa shape index (κ3) is 4.73. The molecular formula is C8H12IN. The van der Waals surface area contributed by atoms with E-state index < -0.39 is 0 Å². The third-order valence-corrected chi connectivity index (χ3v) is 1.50. The van der Waals surface area contributed by atoms with Crippen LogP contribution in [0, 0.1) is 11.3 Å². The van der Waals surface area contributed by atoms with Gasteiger partial charge in [-0.3, -0.25) is 0 Å². The van der Waals surface area contributed by atoms with Crippen LogP contribution in [0.5, 0.6) is 0 Å². The summed E-state index contributed by atoms with van der Waals surface area (Å²) in [7, 11) is 0. The molecule has 0 saturated carbocycles. The maximum Gasteiger partial charge on any atom is 0.0339 e. The molecule has 1 N–H and O–H groups in total. The second-order valence-corrected chi connectivity index (χ2v) is 3.01. The van der Waals surface area contributed by atoms with Gasteiger partial charge in [-0.25, -0.2) is 0 Å². The highest BCUT2D eigenvalue weighted by Gasteiger charge is 1.94. The Morgan fingerprint density at radius 1 is 1.40 bits per heavy atom. The molecule has 0 saturated heterocycles. The first-order valence-electron chi connectivity index (χ1n) is 3.20. The minimum absolute atomic E-state index is 0.332. The molecule has 0 unspecified atom stereocenters. The maximum absolute atomic E-state index is 7.40. The number of hydrogen-bond acceptors (Lipinski definition) is 1. The van der Waals surface area contributed by atoms with E-state index in [4.69, 9.17) is 5.41 Å². The number of rotatable bonds is 3. The van der Waals surface area contributed by atoms with Gasteiger partial charge in [0, 0.05) is 5.71 Å². The normalized spacial score (nSPS) is 12.0. The monoisotopic (exact) mass is 249 g/mol. The Morgan fingerprint density at radius 3 is 2.40 bits per heavy atom. The zero-order chi connectivity index (χ0) is 7.98. The van der Waals surface area contributed by atoms with Gasteiger partial charge in [0.15, 0.2) is 0 Å². The van der Waals surface area contributed by atoms with Crippen LogP contribution in [0.2, 0.25) is 0 Å². The molecule has 0 fully saturated rings. The number of allylic oxidation sites excluding steroid dienone is 3.